The maximum absolute atomic E-state index is 14.0. The Morgan fingerprint density at radius 2 is 1.72 bits per heavy atom. The third-order valence-electron chi connectivity index (χ3n) is 8.12. The van der Waals surface area contributed by atoms with Gasteiger partial charge in [0.25, 0.3) is 11.8 Å². The Bertz CT molecular complexity index is 1120. The van der Waals surface area contributed by atoms with Crippen molar-refractivity contribution in [3.63, 3.8) is 0 Å². The fourth-order valence-corrected chi connectivity index (χ4v) is 6.14. The molecule has 0 radical (unpaired) electrons. The van der Waals surface area contributed by atoms with Gasteiger partial charge in [-0.2, -0.15) is 0 Å². The van der Waals surface area contributed by atoms with Crippen molar-refractivity contribution in [2.45, 2.75) is 51.5 Å². The van der Waals surface area contributed by atoms with Crippen LogP contribution in [0.25, 0.3) is 0 Å². The van der Waals surface area contributed by atoms with E-state index in [0.29, 0.717) is 50.2 Å². The van der Waals surface area contributed by atoms with Crippen LogP contribution in [-0.2, 0) is 11.2 Å². The molecule has 3 fully saturated rings. The van der Waals surface area contributed by atoms with Crippen molar-refractivity contribution in [1.82, 2.24) is 20.0 Å². The lowest BCUT2D eigenvalue weighted by molar-refractivity contribution is -0.134. The van der Waals surface area contributed by atoms with Crippen molar-refractivity contribution in [2.24, 2.45) is 5.92 Å². The molecule has 0 bridgehead atoms. The van der Waals surface area contributed by atoms with Crippen LogP contribution in [0.2, 0.25) is 0 Å². The zero-order valence-corrected chi connectivity index (χ0v) is 21.3. The predicted octanol–water partition coefficient (Wildman–Crippen LogP) is 3.38. The van der Waals surface area contributed by atoms with Gasteiger partial charge < -0.3 is 19.5 Å². The molecule has 1 aromatic carbocycles. The molecule has 3 aliphatic heterocycles. The lowest BCUT2D eigenvalue weighted by atomic mass is 9.74. The van der Waals surface area contributed by atoms with Gasteiger partial charge in [0.1, 0.15) is 17.1 Å². The first kappa shape index (κ1) is 24.6. The Kier molecular flexibility index (Phi) is 6.88. The van der Waals surface area contributed by atoms with E-state index in [-0.39, 0.29) is 23.8 Å². The zero-order valence-electron chi connectivity index (χ0n) is 21.3. The Morgan fingerprint density at radius 3 is 2.36 bits per heavy atom. The number of piperidine rings is 1. The Hall–Kier alpha value is -3.13. The highest BCUT2D eigenvalue weighted by molar-refractivity contribution is 6.07. The zero-order chi connectivity index (χ0) is 25.3. The van der Waals surface area contributed by atoms with E-state index in [0.717, 1.165) is 31.0 Å². The Labute approximate surface area is 212 Å². The molecular weight excluding hydrogens is 456 g/mol. The van der Waals surface area contributed by atoms with Gasteiger partial charge in [-0.15, -0.1) is 0 Å². The van der Waals surface area contributed by atoms with Gasteiger partial charge in [-0.05, 0) is 70.2 Å². The fourth-order valence-electron chi connectivity index (χ4n) is 6.14. The number of carbonyl (C=O) groups is 3. The lowest BCUT2D eigenvalue weighted by Gasteiger charge is -2.41. The second-order valence-corrected chi connectivity index (χ2v) is 10.5. The molecule has 3 aliphatic rings. The molecule has 0 spiro atoms. The second-order valence-electron chi connectivity index (χ2n) is 10.5. The van der Waals surface area contributed by atoms with Gasteiger partial charge in [-0.25, -0.2) is 4.79 Å². The van der Waals surface area contributed by atoms with Crippen LogP contribution in [0.3, 0.4) is 0 Å². The average Bonchev–Trinajstić information content (AvgIpc) is 3.57. The third-order valence-corrected chi connectivity index (χ3v) is 8.12. The van der Waals surface area contributed by atoms with Gasteiger partial charge in [-0.1, -0.05) is 30.3 Å². The number of imide groups is 1. The second kappa shape index (κ2) is 10.1. The molecule has 4 heterocycles. The summed E-state index contributed by atoms with van der Waals surface area (Å²) < 4.78 is 5.56. The van der Waals surface area contributed by atoms with Gasteiger partial charge in [0.05, 0.1) is 5.56 Å². The molecule has 0 unspecified atom stereocenters. The standard InChI is InChI=1S/C28H36N4O4/c1-20-18-24(21(2)36-20)25(33)31-14-10-23(11-15-31)28(19-22-8-4-3-5-9-22)26(34)32(27(35)29-28)17-16-30-12-6-7-13-30/h3-5,8-9,18,23H,6-7,10-17,19H2,1-2H3,(H,29,35)/t28-/m1/s1. The number of likely N-dealkylation sites (tertiary alicyclic amines) is 2. The van der Waals surface area contributed by atoms with Gasteiger partial charge >= 0.3 is 6.03 Å². The number of aryl methyl sites for hydroxylation is 2. The van der Waals surface area contributed by atoms with Crippen LogP contribution in [0, 0.1) is 19.8 Å². The van der Waals surface area contributed by atoms with E-state index >= 15 is 0 Å². The predicted molar refractivity (Wildman–Crippen MR) is 136 cm³/mol. The number of furan rings is 1. The minimum atomic E-state index is -0.985. The number of amides is 4. The van der Waals surface area contributed by atoms with Crippen LogP contribution in [0.1, 0.15) is 53.1 Å². The van der Waals surface area contributed by atoms with Gasteiger partial charge in [0.15, 0.2) is 0 Å². The van der Waals surface area contributed by atoms with Crippen LogP contribution >= 0.6 is 0 Å². The number of hydrogen-bond acceptors (Lipinski definition) is 5. The molecule has 0 aliphatic carbocycles. The first-order valence-electron chi connectivity index (χ1n) is 13.1. The Morgan fingerprint density at radius 1 is 1.03 bits per heavy atom. The molecule has 8 nitrogen and oxygen atoms in total. The SMILES string of the molecule is Cc1cc(C(=O)N2CCC([C@@]3(Cc4ccccc4)NC(=O)N(CCN4CCCC4)C3=O)CC2)c(C)o1. The molecule has 1 atom stereocenters. The number of nitrogens with zero attached hydrogens (tertiary/aromatic N) is 3. The molecule has 3 saturated heterocycles. The van der Waals surface area contributed by atoms with Crippen LogP contribution in [0.15, 0.2) is 40.8 Å². The third kappa shape index (κ3) is 4.66. The number of carbonyl (C=O) groups excluding carboxylic acids is 3. The number of hydrogen-bond donors (Lipinski definition) is 1. The number of benzene rings is 1. The molecule has 36 heavy (non-hydrogen) atoms. The minimum Gasteiger partial charge on any atom is -0.466 e. The number of nitrogens with one attached hydrogen (secondary N) is 1. The molecule has 1 N–H and O–H groups in total. The van der Waals surface area contributed by atoms with Crippen LogP contribution in [0.5, 0.6) is 0 Å². The summed E-state index contributed by atoms with van der Waals surface area (Å²) >= 11 is 0. The van der Waals surface area contributed by atoms with Crippen molar-refractivity contribution in [3.05, 3.63) is 59.0 Å². The molecule has 8 heteroatoms. The van der Waals surface area contributed by atoms with Crippen molar-refractivity contribution in [2.75, 3.05) is 39.3 Å². The van der Waals surface area contributed by atoms with E-state index in [2.05, 4.69) is 10.2 Å². The summed E-state index contributed by atoms with van der Waals surface area (Å²) in [5.41, 5.74) is 0.639. The summed E-state index contributed by atoms with van der Waals surface area (Å²) in [5, 5.41) is 3.15. The highest BCUT2D eigenvalue weighted by Gasteiger charge is 2.56. The first-order valence-corrected chi connectivity index (χ1v) is 13.1. The van der Waals surface area contributed by atoms with Gasteiger partial charge in [0, 0.05) is 32.6 Å². The largest absolute Gasteiger partial charge is 0.466 e. The summed E-state index contributed by atoms with van der Waals surface area (Å²) in [6.07, 6.45) is 4.11. The van der Waals surface area contributed by atoms with Crippen LogP contribution in [0.4, 0.5) is 4.79 Å². The topological polar surface area (TPSA) is 86.1 Å². The molecule has 5 rings (SSSR count). The van der Waals surface area contributed by atoms with Gasteiger partial charge in [-0.3, -0.25) is 14.5 Å². The van der Waals surface area contributed by atoms with E-state index in [1.165, 1.54) is 17.7 Å². The average molecular weight is 493 g/mol. The first-order chi connectivity index (χ1) is 17.4. The molecule has 0 saturated carbocycles. The molecule has 1 aromatic heterocycles. The number of rotatable bonds is 7. The molecular formula is C28H36N4O4. The normalized spacial score (nSPS) is 23.5. The van der Waals surface area contributed by atoms with Crippen LogP contribution < -0.4 is 5.32 Å². The minimum absolute atomic E-state index is 0.0334. The van der Waals surface area contributed by atoms with E-state index in [1.54, 1.807) is 6.07 Å². The molecule has 4 amide bonds. The van der Waals surface area contributed by atoms with Crippen molar-refractivity contribution < 1.29 is 18.8 Å². The smallest absolute Gasteiger partial charge is 0.325 e. The van der Waals surface area contributed by atoms with Crippen LogP contribution in [-0.4, -0.2) is 77.4 Å². The fraction of sp³-hybridized carbons (Fsp3) is 0.536. The van der Waals surface area contributed by atoms with E-state index in [1.807, 2.05) is 49.1 Å². The van der Waals surface area contributed by atoms with Crippen molar-refractivity contribution in [3.8, 4) is 0 Å². The van der Waals surface area contributed by atoms with E-state index < -0.39 is 5.54 Å². The highest BCUT2D eigenvalue weighted by atomic mass is 16.3. The summed E-state index contributed by atoms with van der Waals surface area (Å²) in [5.74, 6) is 1.14. The summed E-state index contributed by atoms with van der Waals surface area (Å²) in [7, 11) is 0. The highest BCUT2D eigenvalue weighted by Crippen LogP contribution is 2.37. The number of urea groups is 1. The van der Waals surface area contributed by atoms with Crippen molar-refractivity contribution >= 4 is 17.8 Å². The van der Waals surface area contributed by atoms with E-state index in [9.17, 15) is 14.4 Å². The maximum Gasteiger partial charge on any atom is 0.325 e. The van der Waals surface area contributed by atoms with E-state index in [4.69, 9.17) is 4.42 Å². The molecule has 192 valence electrons. The quantitative estimate of drug-likeness (QED) is 0.599. The monoisotopic (exact) mass is 492 g/mol. The summed E-state index contributed by atoms with van der Waals surface area (Å²) in [6.45, 7) is 7.93. The summed E-state index contributed by atoms with van der Waals surface area (Å²) in [4.78, 5) is 45.8. The van der Waals surface area contributed by atoms with Crippen molar-refractivity contribution in [1.29, 1.82) is 0 Å². The lowest BCUT2D eigenvalue weighted by Crippen LogP contribution is -2.58. The summed E-state index contributed by atoms with van der Waals surface area (Å²) in [6, 6.07) is 11.4. The van der Waals surface area contributed by atoms with Gasteiger partial charge in [0.2, 0.25) is 0 Å². The maximum atomic E-state index is 14.0. The molecule has 2 aromatic rings. The Balaban J connectivity index is 1.33.